The molecule has 114 valence electrons. The number of halogens is 2. The smallest absolute Gasteiger partial charge is 0.150 e. The molecular weight excluding hydrogens is 289 g/mol. The Bertz CT molecular complexity index is 587. The van der Waals surface area contributed by atoms with E-state index in [1.54, 1.807) is 23.0 Å². The second kappa shape index (κ2) is 7.05. The minimum atomic E-state index is -0.359. The molecular formula is C16H21ClFN3. The number of benzene rings is 1. The molecule has 0 unspecified atom stereocenters. The molecule has 1 aromatic carbocycles. The highest BCUT2D eigenvalue weighted by Gasteiger charge is 2.16. The van der Waals surface area contributed by atoms with Gasteiger partial charge in [0.05, 0.1) is 11.2 Å². The molecule has 1 heterocycles. The van der Waals surface area contributed by atoms with Crippen molar-refractivity contribution in [3.63, 3.8) is 0 Å². The zero-order chi connectivity index (χ0) is 15.4. The standard InChI is InChI=1S/C16H21ClFN3/c1-4-15-12(9-19-8-11(2)3)10-20-21(15)16-13(17)6-5-7-14(16)18/h5-7,10-11,19H,4,8-9H2,1-3H3. The number of nitrogens with one attached hydrogen (secondary N) is 1. The van der Waals surface area contributed by atoms with Gasteiger partial charge in [0, 0.05) is 17.8 Å². The Morgan fingerprint density at radius 3 is 2.76 bits per heavy atom. The molecule has 0 saturated carbocycles. The molecule has 0 amide bonds. The van der Waals surface area contributed by atoms with Gasteiger partial charge in [-0.2, -0.15) is 5.10 Å². The average molecular weight is 310 g/mol. The fourth-order valence-corrected chi connectivity index (χ4v) is 2.55. The Morgan fingerprint density at radius 2 is 2.14 bits per heavy atom. The molecule has 0 fully saturated rings. The fourth-order valence-electron chi connectivity index (χ4n) is 2.31. The van der Waals surface area contributed by atoms with Gasteiger partial charge in [-0.1, -0.05) is 38.4 Å². The maximum Gasteiger partial charge on any atom is 0.150 e. The largest absolute Gasteiger partial charge is 0.312 e. The number of nitrogens with zero attached hydrogens (tertiary/aromatic N) is 2. The van der Waals surface area contributed by atoms with Crippen LogP contribution in [-0.2, 0) is 13.0 Å². The van der Waals surface area contributed by atoms with Gasteiger partial charge < -0.3 is 5.32 Å². The molecule has 0 radical (unpaired) electrons. The first-order valence-corrected chi connectivity index (χ1v) is 7.63. The van der Waals surface area contributed by atoms with Crippen LogP contribution in [0.3, 0.4) is 0 Å². The zero-order valence-corrected chi connectivity index (χ0v) is 13.4. The topological polar surface area (TPSA) is 29.9 Å². The first-order valence-electron chi connectivity index (χ1n) is 7.25. The van der Waals surface area contributed by atoms with Crippen molar-refractivity contribution in [1.82, 2.24) is 15.1 Å². The molecule has 2 rings (SSSR count). The van der Waals surface area contributed by atoms with Gasteiger partial charge in [-0.15, -0.1) is 0 Å². The van der Waals surface area contributed by atoms with Crippen molar-refractivity contribution in [3.8, 4) is 5.69 Å². The molecule has 0 aliphatic rings. The van der Waals surface area contributed by atoms with Gasteiger partial charge >= 0.3 is 0 Å². The van der Waals surface area contributed by atoms with Gasteiger partial charge in [-0.3, -0.25) is 0 Å². The number of aromatic nitrogens is 2. The summed E-state index contributed by atoms with van der Waals surface area (Å²) in [6.07, 6.45) is 2.55. The van der Waals surface area contributed by atoms with E-state index in [4.69, 9.17) is 11.6 Å². The van der Waals surface area contributed by atoms with Crippen molar-refractivity contribution in [3.05, 3.63) is 46.5 Å². The summed E-state index contributed by atoms with van der Waals surface area (Å²) in [4.78, 5) is 0. The first-order chi connectivity index (χ1) is 10.0. The fraction of sp³-hybridized carbons (Fsp3) is 0.438. The molecule has 3 nitrogen and oxygen atoms in total. The normalized spacial score (nSPS) is 11.3. The second-order valence-electron chi connectivity index (χ2n) is 5.48. The summed E-state index contributed by atoms with van der Waals surface area (Å²) in [6, 6.07) is 4.68. The SMILES string of the molecule is CCc1c(CNCC(C)C)cnn1-c1c(F)cccc1Cl. The predicted molar refractivity (Wildman–Crippen MR) is 84.5 cm³/mol. The summed E-state index contributed by atoms with van der Waals surface area (Å²) in [6.45, 7) is 8.03. The molecule has 0 atom stereocenters. The number of hydrogen-bond acceptors (Lipinski definition) is 2. The predicted octanol–water partition coefficient (Wildman–Crippen LogP) is 3.97. The van der Waals surface area contributed by atoms with Crippen LogP contribution in [0.15, 0.2) is 24.4 Å². The van der Waals surface area contributed by atoms with Crippen LogP contribution >= 0.6 is 11.6 Å². The third-order valence-corrected chi connectivity index (χ3v) is 3.61. The zero-order valence-electron chi connectivity index (χ0n) is 12.7. The first kappa shape index (κ1) is 16.0. The lowest BCUT2D eigenvalue weighted by Gasteiger charge is -2.11. The van der Waals surface area contributed by atoms with E-state index < -0.39 is 0 Å². The second-order valence-corrected chi connectivity index (χ2v) is 5.88. The highest BCUT2D eigenvalue weighted by Crippen LogP contribution is 2.25. The molecule has 21 heavy (non-hydrogen) atoms. The maximum atomic E-state index is 14.1. The van der Waals surface area contributed by atoms with Crippen molar-refractivity contribution < 1.29 is 4.39 Å². The lowest BCUT2D eigenvalue weighted by molar-refractivity contribution is 0.550. The minimum Gasteiger partial charge on any atom is -0.312 e. The lowest BCUT2D eigenvalue weighted by Crippen LogP contribution is -2.19. The molecule has 0 saturated heterocycles. The summed E-state index contributed by atoms with van der Waals surface area (Å²) >= 11 is 6.13. The molecule has 0 bridgehead atoms. The summed E-state index contributed by atoms with van der Waals surface area (Å²) in [5.74, 6) is 0.230. The van der Waals surface area contributed by atoms with Crippen LogP contribution in [0.5, 0.6) is 0 Å². The summed E-state index contributed by atoms with van der Waals surface area (Å²) in [5, 5.41) is 8.09. The maximum absolute atomic E-state index is 14.1. The van der Waals surface area contributed by atoms with E-state index in [1.807, 2.05) is 6.92 Å². The quantitative estimate of drug-likeness (QED) is 0.875. The van der Waals surface area contributed by atoms with Crippen molar-refractivity contribution >= 4 is 11.6 Å². The van der Waals surface area contributed by atoms with Crippen LogP contribution in [0.1, 0.15) is 32.0 Å². The molecule has 0 aliphatic carbocycles. The van der Waals surface area contributed by atoms with Crippen LogP contribution in [0.25, 0.3) is 5.69 Å². The van der Waals surface area contributed by atoms with Crippen LogP contribution in [0.4, 0.5) is 4.39 Å². The van der Waals surface area contributed by atoms with E-state index in [1.165, 1.54) is 6.07 Å². The monoisotopic (exact) mass is 309 g/mol. The molecule has 0 aliphatic heterocycles. The number of rotatable bonds is 6. The molecule has 2 aromatic rings. The van der Waals surface area contributed by atoms with E-state index in [2.05, 4.69) is 24.3 Å². The minimum absolute atomic E-state index is 0.325. The van der Waals surface area contributed by atoms with Gasteiger partial charge in [0.25, 0.3) is 0 Å². The third kappa shape index (κ3) is 3.63. The Morgan fingerprint density at radius 1 is 1.38 bits per heavy atom. The van der Waals surface area contributed by atoms with Gasteiger partial charge in [-0.05, 0) is 31.0 Å². The van der Waals surface area contributed by atoms with Gasteiger partial charge in [-0.25, -0.2) is 9.07 Å². The van der Waals surface area contributed by atoms with E-state index >= 15 is 0 Å². The summed E-state index contributed by atoms with van der Waals surface area (Å²) < 4.78 is 15.7. The number of para-hydroxylation sites is 1. The Labute approximate surface area is 130 Å². The highest BCUT2D eigenvalue weighted by atomic mass is 35.5. The Balaban J connectivity index is 2.31. The summed E-state index contributed by atoms with van der Waals surface area (Å²) in [5.41, 5.74) is 2.39. The van der Waals surface area contributed by atoms with Gasteiger partial charge in [0.1, 0.15) is 11.5 Å². The lowest BCUT2D eigenvalue weighted by atomic mass is 10.1. The van der Waals surface area contributed by atoms with E-state index in [0.29, 0.717) is 16.6 Å². The van der Waals surface area contributed by atoms with Gasteiger partial charge in [0.15, 0.2) is 0 Å². The van der Waals surface area contributed by atoms with Crippen molar-refractivity contribution in [2.45, 2.75) is 33.7 Å². The Kier molecular flexibility index (Phi) is 5.37. The molecule has 5 heteroatoms. The van der Waals surface area contributed by atoms with E-state index in [-0.39, 0.29) is 5.82 Å². The van der Waals surface area contributed by atoms with Crippen LogP contribution in [0, 0.1) is 11.7 Å². The highest BCUT2D eigenvalue weighted by molar-refractivity contribution is 6.32. The van der Waals surface area contributed by atoms with E-state index in [0.717, 1.165) is 30.8 Å². The van der Waals surface area contributed by atoms with Crippen LogP contribution in [0.2, 0.25) is 5.02 Å². The third-order valence-electron chi connectivity index (χ3n) is 3.31. The van der Waals surface area contributed by atoms with Gasteiger partial charge in [0.2, 0.25) is 0 Å². The van der Waals surface area contributed by atoms with E-state index in [9.17, 15) is 4.39 Å². The van der Waals surface area contributed by atoms with Crippen molar-refractivity contribution in [2.75, 3.05) is 6.54 Å². The summed E-state index contributed by atoms with van der Waals surface area (Å²) in [7, 11) is 0. The molecule has 1 N–H and O–H groups in total. The van der Waals surface area contributed by atoms with Crippen molar-refractivity contribution in [1.29, 1.82) is 0 Å². The molecule has 0 spiro atoms. The molecule has 1 aromatic heterocycles. The average Bonchev–Trinajstić information content (AvgIpc) is 2.81. The van der Waals surface area contributed by atoms with Crippen molar-refractivity contribution in [2.24, 2.45) is 5.92 Å². The Hall–Kier alpha value is -1.39. The van der Waals surface area contributed by atoms with Crippen LogP contribution in [-0.4, -0.2) is 16.3 Å². The van der Waals surface area contributed by atoms with Crippen LogP contribution < -0.4 is 5.32 Å². The number of hydrogen-bond donors (Lipinski definition) is 1.